The van der Waals surface area contributed by atoms with E-state index >= 15 is 0 Å². The molecule has 0 amide bonds. The predicted molar refractivity (Wildman–Crippen MR) is 85.7 cm³/mol. The van der Waals surface area contributed by atoms with Crippen molar-refractivity contribution in [2.24, 2.45) is 5.92 Å². The van der Waals surface area contributed by atoms with Crippen molar-refractivity contribution in [2.45, 2.75) is 19.8 Å². The van der Waals surface area contributed by atoms with Crippen LogP contribution >= 0.6 is 0 Å². The largest absolute Gasteiger partial charge is 0.466 e. The second-order valence-electron chi connectivity index (χ2n) is 5.62. The molecule has 1 aromatic heterocycles. The van der Waals surface area contributed by atoms with Crippen molar-refractivity contribution in [3.63, 3.8) is 0 Å². The Balaban J connectivity index is 1.79. The molecule has 0 saturated carbocycles. The van der Waals surface area contributed by atoms with E-state index in [1.807, 2.05) is 13.0 Å². The highest BCUT2D eigenvalue weighted by molar-refractivity contribution is 5.77. The van der Waals surface area contributed by atoms with Gasteiger partial charge in [-0.25, -0.2) is 4.39 Å². The number of furan rings is 1. The van der Waals surface area contributed by atoms with Crippen LogP contribution in [0, 0.1) is 11.7 Å². The van der Waals surface area contributed by atoms with Crippen molar-refractivity contribution >= 4 is 11.7 Å². The second-order valence-corrected chi connectivity index (χ2v) is 5.62. The standard InChI is InChI=1S/C18H20FNO3/c1-2-22-18(21)13-8-10-20(11-9-13)15-6-3-5-14(19)17(15)16-7-4-12-23-16/h3-7,12-13H,2,8-11H2,1H3. The van der Waals surface area contributed by atoms with Crippen LogP contribution in [0.3, 0.4) is 0 Å². The van der Waals surface area contributed by atoms with Gasteiger partial charge in [0.05, 0.1) is 30.0 Å². The molecule has 2 heterocycles. The van der Waals surface area contributed by atoms with Crippen molar-refractivity contribution in [3.05, 3.63) is 42.4 Å². The van der Waals surface area contributed by atoms with E-state index in [0.717, 1.165) is 5.69 Å². The van der Waals surface area contributed by atoms with Crippen LogP contribution in [-0.2, 0) is 9.53 Å². The molecular formula is C18H20FNO3. The summed E-state index contributed by atoms with van der Waals surface area (Å²) in [6, 6.07) is 8.54. The van der Waals surface area contributed by atoms with E-state index in [0.29, 0.717) is 43.9 Å². The van der Waals surface area contributed by atoms with Gasteiger partial charge in [-0.3, -0.25) is 4.79 Å². The summed E-state index contributed by atoms with van der Waals surface area (Å²) in [6.45, 7) is 3.61. The van der Waals surface area contributed by atoms with E-state index in [9.17, 15) is 9.18 Å². The summed E-state index contributed by atoms with van der Waals surface area (Å²) in [4.78, 5) is 13.9. The van der Waals surface area contributed by atoms with E-state index in [1.54, 1.807) is 24.5 Å². The number of benzene rings is 1. The van der Waals surface area contributed by atoms with Crippen LogP contribution in [0.4, 0.5) is 10.1 Å². The lowest BCUT2D eigenvalue weighted by atomic mass is 9.95. The van der Waals surface area contributed by atoms with Gasteiger partial charge in [-0.05, 0) is 44.0 Å². The summed E-state index contributed by atoms with van der Waals surface area (Å²) in [5.41, 5.74) is 1.29. The molecule has 0 aliphatic carbocycles. The first-order valence-corrected chi connectivity index (χ1v) is 7.94. The van der Waals surface area contributed by atoms with Gasteiger partial charge in [-0.1, -0.05) is 6.07 Å². The first-order chi connectivity index (χ1) is 11.2. The maximum Gasteiger partial charge on any atom is 0.309 e. The third-order valence-electron chi connectivity index (χ3n) is 4.21. The molecule has 0 N–H and O–H groups in total. The summed E-state index contributed by atoms with van der Waals surface area (Å²) in [5.74, 6) is 0.0278. The number of hydrogen-bond donors (Lipinski definition) is 0. The molecule has 0 radical (unpaired) electrons. The molecule has 1 aromatic carbocycles. The number of halogens is 1. The first-order valence-electron chi connectivity index (χ1n) is 7.94. The van der Waals surface area contributed by atoms with Gasteiger partial charge in [0.2, 0.25) is 0 Å². The molecule has 23 heavy (non-hydrogen) atoms. The molecule has 0 atom stereocenters. The van der Waals surface area contributed by atoms with E-state index in [2.05, 4.69) is 4.90 Å². The van der Waals surface area contributed by atoms with Crippen molar-refractivity contribution in [2.75, 3.05) is 24.6 Å². The van der Waals surface area contributed by atoms with Gasteiger partial charge in [0.15, 0.2) is 0 Å². The molecule has 0 spiro atoms. The number of nitrogens with zero attached hydrogens (tertiary/aromatic N) is 1. The van der Waals surface area contributed by atoms with Gasteiger partial charge in [-0.15, -0.1) is 0 Å². The van der Waals surface area contributed by atoms with Crippen LogP contribution in [0.1, 0.15) is 19.8 Å². The Kier molecular flexibility index (Phi) is 4.65. The minimum absolute atomic E-state index is 0.0631. The van der Waals surface area contributed by atoms with Gasteiger partial charge in [0.1, 0.15) is 11.6 Å². The molecule has 1 aliphatic heterocycles. The zero-order chi connectivity index (χ0) is 16.2. The molecule has 3 rings (SSSR count). The minimum Gasteiger partial charge on any atom is -0.466 e. The SMILES string of the molecule is CCOC(=O)C1CCN(c2cccc(F)c2-c2ccco2)CC1. The van der Waals surface area contributed by atoms with Gasteiger partial charge in [0.25, 0.3) is 0 Å². The fraction of sp³-hybridized carbons (Fsp3) is 0.389. The Morgan fingerprint density at radius 1 is 1.30 bits per heavy atom. The highest BCUT2D eigenvalue weighted by Crippen LogP contribution is 2.35. The fourth-order valence-electron chi connectivity index (χ4n) is 3.06. The Hall–Kier alpha value is -2.30. The van der Waals surface area contributed by atoms with Crippen LogP contribution in [0.2, 0.25) is 0 Å². The maximum atomic E-state index is 14.3. The van der Waals surface area contributed by atoms with Gasteiger partial charge in [-0.2, -0.15) is 0 Å². The van der Waals surface area contributed by atoms with E-state index < -0.39 is 0 Å². The zero-order valence-electron chi connectivity index (χ0n) is 13.1. The van der Waals surface area contributed by atoms with Crippen LogP contribution < -0.4 is 4.90 Å². The Morgan fingerprint density at radius 3 is 2.74 bits per heavy atom. The first kappa shape index (κ1) is 15.6. The number of ether oxygens (including phenoxy) is 1. The molecule has 1 fully saturated rings. The third-order valence-corrected chi connectivity index (χ3v) is 4.21. The highest BCUT2D eigenvalue weighted by Gasteiger charge is 2.28. The van der Waals surface area contributed by atoms with Gasteiger partial charge in [0, 0.05) is 13.1 Å². The number of piperidine rings is 1. The molecule has 0 bridgehead atoms. The highest BCUT2D eigenvalue weighted by atomic mass is 19.1. The topological polar surface area (TPSA) is 42.7 Å². The molecule has 122 valence electrons. The maximum absolute atomic E-state index is 14.3. The van der Waals surface area contributed by atoms with Gasteiger partial charge >= 0.3 is 5.97 Å². The summed E-state index contributed by atoms with van der Waals surface area (Å²) < 4.78 is 24.8. The quantitative estimate of drug-likeness (QED) is 0.803. The van der Waals surface area contributed by atoms with Crippen molar-refractivity contribution < 1.29 is 18.3 Å². The number of carbonyl (C=O) groups excluding carboxylic acids is 1. The number of anilines is 1. The summed E-state index contributed by atoms with van der Waals surface area (Å²) in [6.07, 6.45) is 2.97. The van der Waals surface area contributed by atoms with Crippen LogP contribution in [-0.4, -0.2) is 25.7 Å². The smallest absolute Gasteiger partial charge is 0.309 e. The van der Waals surface area contributed by atoms with E-state index in [1.165, 1.54) is 6.07 Å². The average Bonchev–Trinajstić information content (AvgIpc) is 3.09. The average molecular weight is 317 g/mol. The van der Waals surface area contributed by atoms with Crippen LogP contribution in [0.5, 0.6) is 0 Å². The number of esters is 1. The summed E-state index contributed by atoms with van der Waals surface area (Å²) in [7, 11) is 0. The Labute approximate surface area is 134 Å². The minimum atomic E-state index is -0.301. The third kappa shape index (κ3) is 3.23. The van der Waals surface area contributed by atoms with Crippen molar-refractivity contribution in [3.8, 4) is 11.3 Å². The van der Waals surface area contributed by atoms with E-state index in [-0.39, 0.29) is 17.7 Å². The molecular weight excluding hydrogens is 297 g/mol. The second kappa shape index (κ2) is 6.86. The van der Waals surface area contributed by atoms with Crippen molar-refractivity contribution in [1.29, 1.82) is 0 Å². The number of rotatable bonds is 4. The molecule has 0 unspecified atom stereocenters. The number of hydrogen-bond acceptors (Lipinski definition) is 4. The molecule has 2 aromatic rings. The summed E-state index contributed by atoms with van der Waals surface area (Å²) >= 11 is 0. The Morgan fingerprint density at radius 2 is 2.09 bits per heavy atom. The van der Waals surface area contributed by atoms with Crippen LogP contribution in [0.25, 0.3) is 11.3 Å². The Bertz CT molecular complexity index is 661. The molecule has 5 heteroatoms. The lowest BCUT2D eigenvalue weighted by Gasteiger charge is -2.33. The van der Waals surface area contributed by atoms with Crippen LogP contribution in [0.15, 0.2) is 41.0 Å². The van der Waals surface area contributed by atoms with E-state index in [4.69, 9.17) is 9.15 Å². The fourth-order valence-corrected chi connectivity index (χ4v) is 3.06. The predicted octanol–water partition coefficient (Wildman–Crippen LogP) is 3.87. The molecule has 1 saturated heterocycles. The number of carbonyl (C=O) groups is 1. The molecule has 1 aliphatic rings. The lowest BCUT2D eigenvalue weighted by molar-refractivity contribution is -0.148. The van der Waals surface area contributed by atoms with Gasteiger partial charge < -0.3 is 14.1 Å². The summed E-state index contributed by atoms with van der Waals surface area (Å²) in [5, 5.41) is 0. The normalized spacial score (nSPS) is 15.7. The zero-order valence-corrected chi connectivity index (χ0v) is 13.1. The monoisotopic (exact) mass is 317 g/mol. The molecule has 4 nitrogen and oxygen atoms in total. The van der Waals surface area contributed by atoms with Crippen molar-refractivity contribution in [1.82, 2.24) is 0 Å². The lowest BCUT2D eigenvalue weighted by Crippen LogP contribution is -2.37.